The third-order valence-electron chi connectivity index (χ3n) is 2.67. The van der Waals surface area contributed by atoms with Crippen LogP contribution in [0.4, 0.5) is 0 Å². The van der Waals surface area contributed by atoms with Gasteiger partial charge in [-0.15, -0.1) is 0 Å². The zero-order chi connectivity index (χ0) is 15.1. The molecule has 1 N–H and O–H groups in total. The van der Waals surface area contributed by atoms with E-state index in [1.54, 1.807) is 11.9 Å². The maximum absolute atomic E-state index is 11.9. The van der Waals surface area contributed by atoms with Crippen LogP contribution in [0.5, 0.6) is 0 Å². The second-order valence-corrected chi connectivity index (χ2v) is 4.90. The molecule has 0 saturated carbocycles. The molecule has 1 rings (SSSR count). The molecule has 0 aliphatic heterocycles. The molecule has 0 unspecified atom stereocenters. The van der Waals surface area contributed by atoms with Crippen LogP contribution in [0.25, 0.3) is 6.08 Å². The fourth-order valence-corrected chi connectivity index (χ4v) is 1.72. The van der Waals surface area contributed by atoms with Crippen LogP contribution < -0.4 is 0 Å². The van der Waals surface area contributed by atoms with Crippen molar-refractivity contribution in [1.82, 2.24) is 9.80 Å². The average molecular weight is 276 g/mol. The molecule has 0 aliphatic carbocycles. The molecule has 0 atom stereocenters. The third kappa shape index (κ3) is 5.67. The SMILES string of the molecule is CN(C)CC(=O)N(C)Cc1cccc(/C=C/C(=O)O)c1. The molecular formula is C15H20N2O3. The molecule has 0 aromatic heterocycles. The first-order valence-electron chi connectivity index (χ1n) is 6.27. The highest BCUT2D eigenvalue weighted by Crippen LogP contribution is 2.09. The van der Waals surface area contributed by atoms with Crippen LogP contribution in [-0.4, -0.2) is 54.5 Å². The molecule has 0 heterocycles. The zero-order valence-corrected chi connectivity index (χ0v) is 12.0. The first-order chi connectivity index (χ1) is 9.38. The highest BCUT2D eigenvalue weighted by Gasteiger charge is 2.10. The molecule has 0 fully saturated rings. The van der Waals surface area contributed by atoms with Gasteiger partial charge in [0.15, 0.2) is 0 Å². The summed E-state index contributed by atoms with van der Waals surface area (Å²) >= 11 is 0. The minimum absolute atomic E-state index is 0.0430. The molecule has 1 aromatic rings. The van der Waals surface area contributed by atoms with Crippen LogP contribution >= 0.6 is 0 Å². The molecule has 5 nitrogen and oxygen atoms in total. The Kier molecular flexibility index (Phi) is 5.93. The van der Waals surface area contributed by atoms with Gasteiger partial charge in [0, 0.05) is 19.7 Å². The molecule has 0 spiro atoms. The van der Waals surface area contributed by atoms with Crippen LogP contribution in [0.3, 0.4) is 0 Å². The number of hydrogen-bond acceptors (Lipinski definition) is 3. The van der Waals surface area contributed by atoms with Crippen molar-refractivity contribution in [3.63, 3.8) is 0 Å². The van der Waals surface area contributed by atoms with Crippen molar-refractivity contribution in [1.29, 1.82) is 0 Å². The summed E-state index contributed by atoms with van der Waals surface area (Å²) in [6.07, 6.45) is 2.63. The maximum atomic E-state index is 11.9. The maximum Gasteiger partial charge on any atom is 0.328 e. The predicted molar refractivity (Wildman–Crippen MR) is 78.1 cm³/mol. The third-order valence-corrected chi connectivity index (χ3v) is 2.67. The second kappa shape index (κ2) is 7.45. The van der Waals surface area contributed by atoms with Gasteiger partial charge in [-0.25, -0.2) is 4.79 Å². The van der Waals surface area contributed by atoms with Crippen molar-refractivity contribution in [2.45, 2.75) is 6.54 Å². The molecule has 1 amide bonds. The standard InChI is InChI=1S/C15H20N2O3/c1-16(2)11-14(18)17(3)10-13-6-4-5-12(9-13)7-8-15(19)20/h4-9H,10-11H2,1-3H3,(H,19,20)/b8-7+. The quantitative estimate of drug-likeness (QED) is 0.796. The molecule has 0 bridgehead atoms. The van der Waals surface area contributed by atoms with E-state index in [1.807, 2.05) is 43.3 Å². The van der Waals surface area contributed by atoms with Crippen molar-refractivity contribution < 1.29 is 14.7 Å². The lowest BCUT2D eigenvalue weighted by atomic mass is 10.1. The summed E-state index contributed by atoms with van der Waals surface area (Å²) < 4.78 is 0. The average Bonchev–Trinajstić information content (AvgIpc) is 2.36. The number of aliphatic carboxylic acids is 1. The molecule has 20 heavy (non-hydrogen) atoms. The Morgan fingerprint density at radius 3 is 2.55 bits per heavy atom. The Balaban J connectivity index is 2.70. The van der Waals surface area contributed by atoms with Crippen molar-refractivity contribution in [3.05, 3.63) is 41.5 Å². The summed E-state index contributed by atoms with van der Waals surface area (Å²) in [5, 5.41) is 8.60. The van der Waals surface area contributed by atoms with Crippen molar-refractivity contribution in [2.24, 2.45) is 0 Å². The monoisotopic (exact) mass is 276 g/mol. The number of nitrogens with zero attached hydrogens (tertiary/aromatic N) is 2. The van der Waals surface area contributed by atoms with Crippen LogP contribution in [0.15, 0.2) is 30.3 Å². The summed E-state index contributed by atoms with van der Waals surface area (Å²) in [7, 11) is 5.46. The van der Waals surface area contributed by atoms with E-state index in [2.05, 4.69) is 0 Å². The van der Waals surface area contributed by atoms with E-state index in [1.165, 1.54) is 6.08 Å². The van der Waals surface area contributed by atoms with Crippen molar-refractivity contribution >= 4 is 18.0 Å². The summed E-state index contributed by atoms with van der Waals surface area (Å²) in [6.45, 7) is 0.872. The molecule has 0 aliphatic rings. The van der Waals surface area contributed by atoms with Gasteiger partial charge in [-0.3, -0.25) is 4.79 Å². The van der Waals surface area contributed by atoms with Gasteiger partial charge >= 0.3 is 5.97 Å². The Morgan fingerprint density at radius 1 is 1.25 bits per heavy atom. The highest BCUT2D eigenvalue weighted by atomic mass is 16.4. The van der Waals surface area contributed by atoms with Gasteiger partial charge in [0.2, 0.25) is 5.91 Å². The van der Waals surface area contributed by atoms with Gasteiger partial charge in [0.05, 0.1) is 6.54 Å². The normalized spacial score (nSPS) is 11.0. The van der Waals surface area contributed by atoms with Gasteiger partial charge in [-0.2, -0.15) is 0 Å². The predicted octanol–water partition coefficient (Wildman–Crippen LogP) is 1.30. The Hall–Kier alpha value is -2.14. The molecule has 0 radical (unpaired) electrons. The first kappa shape index (κ1) is 15.9. The summed E-state index contributed by atoms with van der Waals surface area (Å²) in [4.78, 5) is 25.8. The number of carbonyl (C=O) groups is 2. The van der Waals surface area contributed by atoms with Gasteiger partial charge in [-0.1, -0.05) is 18.2 Å². The Bertz CT molecular complexity index is 510. The van der Waals surface area contributed by atoms with E-state index < -0.39 is 5.97 Å². The Morgan fingerprint density at radius 2 is 1.95 bits per heavy atom. The second-order valence-electron chi connectivity index (χ2n) is 4.90. The van der Waals surface area contributed by atoms with E-state index in [0.29, 0.717) is 13.1 Å². The largest absolute Gasteiger partial charge is 0.478 e. The number of likely N-dealkylation sites (N-methyl/N-ethyl adjacent to an activating group) is 2. The summed E-state index contributed by atoms with van der Waals surface area (Å²) in [5.41, 5.74) is 1.77. The van der Waals surface area contributed by atoms with Crippen LogP contribution in [-0.2, 0) is 16.1 Å². The Labute approximate surface area is 119 Å². The molecule has 5 heteroatoms. The van der Waals surface area contributed by atoms with Gasteiger partial charge in [0.1, 0.15) is 0 Å². The molecular weight excluding hydrogens is 256 g/mol. The van der Waals surface area contributed by atoms with E-state index in [-0.39, 0.29) is 5.91 Å². The lowest BCUT2D eigenvalue weighted by molar-refractivity contribution is -0.132. The number of rotatable bonds is 6. The smallest absolute Gasteiger partial charge is 0.328 e. The summed E-state index contributed by atoms with van der Waals surface area (Å²) in [5.74, 6) is -0.935. The zero-order valence-electron chi connectivity index (χ0n) is 12.0. The minimum Gasteiger partial charge on any atom is -0.478 e. The number of carbonyl (C=O) groups excluding carboxylic acids is 1. The molecule has 0 saturated heterocycles. The highest BCUT2D eigenvalue weighted by molar-refractivity contribution is 5.85. The van der Waals surface area contributed by atoms with Crippen molar-refractivity contribution in [3.8, 4) is 0 Å². The van der Waals surface area contributed by atoms with Crippen molar-refractivity contribution in [2.75, 3.05) is 27.7 Å². The fraction of sp³-hybridized carbons (Fsp3) is 0.333. The van der Waals surface area contributed by atoms with Gasteiger partial charge < -0.3 is 14.9 Å². The van der Waals surface area contributed by atoms with E-state index in [4.69, 9.17) is 5.11 Å². The van der Waals surface area contributed by atoms with E-state index in [9.17, 15) is 9.59 Å². The number of hydrogen-bond donors (Lipinski definition) is 1. The minimum atomic E-state index is -0.978. The van der Waals surface area contributed by atoms with Crippen LogP contribution in [0.1, 0.15) is 11.1 Å². The fourth-order valence-electron chi connectivity index (χ4n) is 1.72. The van der Waals surface area contributed by atoms with E-state index in [0.717, 1.165) is 17.2 Å². The lowest BCUT2D eigenvalue weighted by Gasteiger charge is -2.19. The van der Waals surface area contributed by atoms with Gasteiger partial charge in [-0.05, 0) is 37.4 Å². The number of benzene rings is 1. The van der Waals surface area contributed by atoms with Crippen LogP contribution in [0, 0.1) is 0 Å². The number of carboxylic acids is 1. The summed E-state index contributed by atoms with van der Waals surface area (Å²) in [6, 6.07) is 7.46. The lowest BCUT2D eigenvalue weighted by Crippen LogP contribution is -2.34. The van der Waals surface area contributed by atoms with Gasteiger partial charge in [0.25, 0.3) is 0 Å². The number of carboxylic acid groups (broad SMARTS) is 1. The van der Waals surface area contributed by atoms with Crippen LogP contribution in [0.2, 0.25) is 0 Å². The number of amides is 1. The van der Waals surface area contributed by atoms with E-state index >= 15 is 0 Å². The topological polar surface area (TPSA) is 60.9 Å². The molecule has 1 aromatic carbocycles. The first-order valence-corrected chi connectivity index (χ1v) is 6.27. The molecule has 108 valence electrons.